The van der Waals surface area contributed by atoms with Crippen LogP contribution in [0.3, 0.4) is 0 Å². The van der Waals surface area contributed by atoms with Gasteiger partial charge in [-0.2, -0.15) is 0 Å². The van der Waals surface area contributed by atoms with Crippen molar-refractivity contribution in [3.05, 3.63) is 34.9 Å². The van der Waals surface area contributed by atoms with E-state index in [9.17, 15) is 4.79 Å². The summed E-state index contributed by atoms with van der Waals surface area (Å²) in [5.41, 5.74) is 1.29. The first-order valence-corrected chi connectivity index (χ1v) is 8.74. The lowest BCUT2D eigenvalue weighted by Crippen LogP contribution is -2.39. The van der Waals surface area contributed by atoms with Gasteiger partial charge in [0, 0.05) is 38.8 Å². The van der Waals surface area contributed by atoms with Crippen molar-refractivity contribution >= 4 is 17.5 Å². The summed E-state index contributed by atoms with van der Waals surface area (Å²) < 4.78 is 0. The van der Waals surface area contributed by atoms with Crippen LogP contribution in [0, 0.1) is 0 Å². The highest BCUT2D eigenvalue weighted by Gasteiger charge is 2.19. The van der Waals surface area contributed by atoms with Gasteiger partial charge in [-0.1, -0.05) is 30.7 Å². The lowest BCUT2D eigenvalue weighted by Gasteiger charge is -2.25. The molecule has 1 amide bonds. The van der Waals surface area contributed by atoms with Crippen LogP contribution in [0.5, 0.6) is 0 Å². The number of hydrogen-bond donors (Lipinski definition) is 0. The molecule has 0 saturated carbocycles. The SMILES string of the molecule is CC(CN1CCCN(CC(=O)N(C)C)CC1)c1cccc(Cl)c1. The van der Waals surface area contributed by atoms with E-state index in [0.29, 0.717) is 12.5 Å². The summed E-state index contributed by atoms with van der Waals surface area (Å²) in [6.07, 6.45) is 1.11. The summed E-state index contributed by atoms with van der Waals surface area (Å²) in [6.45, 7) is 7.90. The molecule has 23 heavy (non-hydrogen) atoms. The van der Waals surface area contributed by atoms with E-state index in [1.165, 1.54) is 5.56 Å². The summed E-state index contributed by atoms with van der Waals surface area (Å²) in [4.78, 5) is 18.3. The average molecular weight is 338 g/mol. The molecule has 4 nitrogen and oxygen atoms in total. The van der Waals surface area contributed by atoms with Gasteiger partial charge in [-0.15, -0.1) is 0 Å². The Morgan fingerprint density at radius 3 is 2.61 bits per heavy atom. The van der Waals surface area contributed by atoms with Crippen molar-refractivity contribution in [2.45, 2.75) is 19.3 Å². The van der Waals surface area contributed by atoms with Gasteiger partial charge in [0.2, 0.25) is 5.91 Å². The van der Waals surface area contributed by atoms with Crippen molar-refractivity contribution in [3.8, 4) is 0 Å². The smallest absolute Gasteiger partial charge is 0.236 e. The fraction of sp³-hybridized carbons (Fsp3) is 0.611. The second-order valence-corrected chi connectivity index (χ2v) is 7.11. The maximum atomic E-state index is 11.9. The van der Waals surface area contributed by atoms with Crippen molar-refractivity contribution < 1.29 is 4.79 Å². The molecule has 1 atom stereocenters. The second kappa shape index (κ2) is 8.67. The van der Waals surface area contributed by atoms with Crippen molar-refractivity contribution in [1.29, 1.82) is 0 Å². The number of nitrogens with zero attached hydrogens (tertiary/aromatic N) is 3. The number of carbonyl (C=O) groups excluding carboxylic acids is 1. The van der Waals surface area contributed by atoms with Crippen LogP contribution in [-0.4, -0.2) is 74.0 Å². The minimum Gasteiger partial charge on any atom is -0.348 e. The van der Waals surface area contributed by atoms with Crippen molar-refractivity contribution in [1.82, 2.24) is 14.7 Å². The zero-order valence-electron chi connectivity index (χ0n) is 14.5. The van der Waals surface area contributed by atoms with Crippen LogP contribution >= 0.6 is 11.6 Å². The highest BCUT2D eigenvalue weighted by atomic mass is 35.5. The van der Waals surface area contributed by atoms with E-state index in [-0.39, 0.29) is 5.91 Å². The zero-order valence-corrected chi connectivity index (χ0v) is 15.2. The van der Waals surface area contributed by atoms with E-state index in [0.717, 1.165) is 44.2 Å². The molecule has 0 aromatic heterocycles. The summed E-state index contributed by atoms with van der Waals surface area (Å²) >= 11 is 6.09. The molecule has 0 spiro atoms. The van der Waals surface area contributed by atoms with Gasteiger partial charge in [0.05, 0.1) is 6.54 Å². The summed E-state index contributed by atoms with van der Waals surface area (Å²) in [7, 11) is 3.64. The topological polar surface area (TPSA) is 26.8 Å². The van der Waals surface area contributed by atoms with Crippen LogP contribution in [0.2, 0.25) is 5.02 Å². The van der Waals surface area contributed by atoms with Crippen molar-refractivity contribution in [2.24, 2.45) is 0 Å². The fourth-order valence-electron chi connectivity index (χ4n) is 3.00. The van der Waals surface area contributed by atoms with Crippen LogP contribution < -0.4 is 0 Å². The maximum absolute atomic E-state index is 11.9. The minimum absolute atomic E-state index is 0.186. The molecule has 128 valence electrons. The van der Waals surface area contributed by atoms with E-state index < -0.39 is 0 Å². The minimum atomic E-state index is 0.186. The van der Waals surface area contributed by atoms with Gasteiger partial charge in [-0.3, -0.25) is 9.69 Å². The maximum Gasteiger partial charge on any atom is 0.236 e. The molecule has 1 heterocycles. The lowest BCUT2D eigenvalue weighted by atomic mass is 10.0. The Morgan fingerprint density at radius 1 is 1.22 bits per heavy atom. The van der Waals surface area contributed by atoms with Gasteiger partial charge >= 0.3 is 0 Å². The van der Waals surface area contributed by atoms with Crippen LogP contribution in [0.25, 0.3) is 0 Å². The summed E-state index contributed by atoms with van der Waals surface area (Å²) in [5.74, 6) is 0.648. The monoisotopic (exact) mass is 337 g/mol. The molecule has 1 fully saturated rings. The number of benzene rings is 1. The van der Waals surface area contributed by atoms with Crippen molar-refractivity contribution in [2.75, 3.05) is 53.4 Å². The number of carbonyl (C=O) groups is 1. The Labute approximate surface area is 145 Å². The van der Waals surface area contributed by atoms with Gasteiger partial charge in [-0.05, 0) is 43.1 Å². The van der Waals surface area contributed by atoms with E-state index in [1.54, 1.807) is 4.90 Å². The Morgan fingerprint density at radius 2 is 1.91 bits per heavy atom. The Kier molecular flexibility index (Phi) is 6.88. The third-order valence-electron chi connectivity index (χ3n) is 4.49. The van der Waals surface area contributed by atoms with Crippen LogP contribution in [0.4, 0.5) is 0 Å². The summed E-state index contributed by atoms with van der Waals surface area (Å²) in [6, 6.07) is 8.15. The van der Waals surface area contributed by atoms with E-state index in [4.69, 9.17) is 11.6 Å². The molecule has 2 rings (SSSR count). The van der Waals surface area contributed by atoms with E-state index in [1.807, 2.05) is 26.2 Å². The van der Waals surface area contributed by atoms with E-state index in [2.05, 4.69) is 28.9 Å². The van der Waals surface area contributed by atoms with Crippen molar-refractivity contribution in [3.63, 3.8) is 0 Å². The number of hydrogen-bond acceptors (Lipinski definition) is 3. The molecule has 1 unspecified atom stereocenters. The molecule has 1 saturated heterocycles. The first-order valence-electron chi connectivity index (χ1n) is 8.36. The second-order valence-electron chi connectivity index (χ2n) is 6.67. The molecule has 0 aliphatic carbocycles. The molecule has 5 heteroatoms. The quantitative estimate of drug-likeness (QED) is 0.826. The van der Waals surface area contributed by atoms with Gasteiger partial charge < -0.3 is 9.80 Å². The molecule has 1 aromatic carbocycles. The molecule has 0 bridgehead atoms. The molecule has 1 aromatic rings. The van der Waals surface area contributed by atoms with Crippen LogP contribution in [-0.2, 0) is 4.79 Å². The molecular weight excluding hydrogens is 310 g/mol. The largest absolute Gasteiger partial charge is 0.348 e. The lowest BCUT2D eigenvalue weighted by molar-refractivity contribution is -0.129. The molecule has 1 aliphatic heterocycles. The zero-order chi connectivity index (χ0) is 16.8. The van der Waals surface area contributed by atoms with Crippen LogP contribution in [0.15, 0.2) is 24.3 Å². The summed E-state index contributed by atoms with van der Waals surface area (Å²) in [5, 5.41) is 0.804. The fourth-order valence-corrected chi connectivity index (χ4v) is 3.20. The first kappa shape index (κ1) is 18.2. The highest BCUT2D eigenvalue weighted by Crippen LogP contribution is 2.21. The molecular formula is C18H28ClN3O. The van der Waals surface area contributed by atoms with E-state index >= 15 is 0 Å². The normalized spacial score (nSPS) is 18.4. The van der Waals surface area contributed by atoms with Gasteiger partial charge in [0.15, 0.2) is 0 Å². The van der Waals surface area contributed by atoms with Gasteiger partial charge in [0.25, 0.3) is 0 Å². The predicted molar refractivity (Wildman–Crippen MR) is 96.1 cm³/mol. The average Bonchev–Trinajstić information content (AvgIpc) is 2.72. The number of rotatable bonds is 5. The highest BCUT2D eigenvalue weighted by molar-refractivity contribution is 6.30. The Hall–Kier alpha value is -1.10. The predicted octanol–water partition coefficient (Wildman–Crippen LogP) is 2.54. The first-order chi connectivity index (χ1) is 11.0. The number of likely N-dealkylation sites (N-methyl/N-ethyl adjacent to an activating group) is 1. The molecule has 0 radical (unpaired) electrons. The molecule has 0 N–H and O–H groups in total. The Balaban J connectivity index is 1.84. The number of amides is 1. The number of halogens is 1. The third kappa shape index (κ3) is 5.79. The van der Waals surface area contributed by atoms with Crippen LogP contribution in [0.1, 0.15) is 24.8 Å². The Bertz CT molecular complexity index is 521. The van der Waals surface area contributed by atoms with Gasteiger partial charge in [-0.25, -0.2) is 0 Å². The standard InChI is InChI=1S/C18H28ClN3O/c1-15(16-6-4-7-17(19)12-16)13-21-8-5-9-22(11-10-21)14-18(23)20(2)3/h4,6-7,12,15H,5,8-11,13-14H2,1-3H3. The van der Waals surface area contributed by atoms with Gasteiger partial charge in [0.1, 0.15) is 0 Å². The molecule has 1 aliphatic rings. The third-order valence-corrected chi connectivity index (χ3v) is 4.72.